The molecule has 6 nitrogen and oxygen atoms in total. The first-order valence-electron chi connectivity index (χ1n) is 48.5. The molecule has 4 aliphatic carbocycles. The van der Waals surface area contributed by atoms with Crippen molar-refractivity contribution in [3.05, 3.63) is 423 Å². The van der Waals surface area contributed by atoms with Crippen molar-refractivity contribution in [2.75, 3.05) is 0 Å². The average molecular weight is 1730 g/mol. The average Bonchev–Trinajstić information content (AvgIpc) is 1.02. The number of aryl methyl sites for hydroxylation is 2. The van der Waals surface area contributed by atoms with Crippen LogP contribution in [0.3, 0.4) is 0 Å². The summed E-state index contributed by atoms with van der Waals surface area (Å²) in [7, 11) is 0. The molecule has 0 amide bonds. The predicted octanol–water partition coefficient (Wildman–Crippen LogP) is 31.3. The number of rotatable bonds is 31. The van der Waals surface area contributed by atoms with Gasteiger partial charge in [0, 0.05) is 73.6 Å². The molecule has 16 rings (SSSR count). The van der Waals surface area contributed by atoms with Crippen LogP contribution in [0.2, 0.25) is 0 Å². The Kier molecular flexibility index (Phi) is 36.2. The summed E-state index contributed by atoms with van der Waals surface area (Å²) in [6.45, 7) is 39.3. The molecule has 0 atom stereocenters. The third kappa shape index (κ3) is 29.1. The lowest BCUT2D eigenvalue weighted by molar-refractivity contribution is -0.119. The van der Waals surface area contributed by atoms with E-state index in [4.69, 9.17) is 0 Å². The van der Waals surface area contributed by atoms with Crippen LogP contribution in [-0.4, -0.2) is 34.7 Å². The van der Waals surface area contributed by atoms with Crippen LogP contribution in [0.1, 0.15) is 377 Å². The first-order valence-corrected chi connectivity index (χ1v) is 48.5. The third-order valence-corrected chi connectivity index (χ3v) is 27.2. The van der Waals surface area contributed by atoms with E-state index >= 15 is 0 Å². The van der Waals surface area contributed by atoms with Crippen LogP contribution in [0.25, 0.3) is 0 Å². The van der Waals surface area contributed by atoms with Crippen molar-refractivity contribution >= 4 is 34.7 Å². The lowest BCUT2D eigenvalue weighted by Gasteiger charge is -2.39. The number of carbonyl (C=O) groups excluding carboxylic acids is 6. The number of carbonyl (C=O) groups is 6. The Labute approximate surface area is 780 Å². The highest BCUT2D eigenvalue weighted by atomic mass is 16.1. The molecule has 4 aliphatic rings. The molecule has 0 aliphatic heterocycles. The zero-order chi connectivity index (χ0) is 93.3. The maximum atomic E-state index is 12.7. The summed E-state index contributed by atoms with van der Waals surface area (Å²) in [4.78, 5) is 74.5. The van der Waals surface area contributed by atoms with E-state index in [1.54, 1.807) is 0 Å². The van der Waals surface area contributed by atoms with Crippen LogP contribution in [0.5, 0.6) is 0 Å². The van der Waals surface area contributed by atoms with Crippen molar-refractivity contribution in [1.29, 1.82) is 0 Å². The predicted molar refractivity (Wildman–Crippen MR) is 544 cm³/mol. The Bertz CT molecular complexity index is 5730. The second-order valence-corrected chi connectivity index (χ2v) is 39.5. The molecule has 12 aromatic rings. The maximum absolute atomic E-state index is 12.7. The number of benzene rings is 12. The molecule has 4 fully saturated rings. The van der Waals surface area contributed by atoms with Gasteiger partial charge in [-0.05, 0) is 279 Å². The molecule has 6 heteroatoms. The topological polar surface area (TPSA) is 102 Å². The summed E-state index contributed by atoms with van der Waals surface area (Å²) in [5.74, 6) is 6.66. The lowest BCUT2D eigenvalue weighted by atomic mass is 9.66. The Morgan fingerprint density at radius 2 is 0.608 bits per heavy atom. The molecule has 0 aromatic heterocycles. The van der Waals surface area contributed by atoms with Crippen molar-refractivity contribution in [1.82, 2.24) is 0 Å². The van der Waals surface area contributed by atoms with Crippen LogP contribution < -0.4 is 0 Å². The molecule has 0 bridgehead atoms. The van der Waals surface area contributed by atoms with E-state index in [1.807, 2.05) is 109 Å². The summed E-state index contributed by atoms with van der Waals surface area (Å²) in [5, 5.41) is 0. The minimum atomic E-state index is 0.207. The molecule has 0 N–H and O–H groups in total. The second kappa shape index (κ2) is 47.5. The second-order valence-electron chi connectivity index (χ2n) is 39.5. The first-order chi connectivity index (χ1) is 62.3. The van der Waals surface area contributed by atoms with Crippen molar-refractivity contribution in [3.63, 3.8) is 0 Å². The molecule has 4 saturated carbocycles. The van der Waals surface area contributed by atoms with Crippen LogP contribution >= 0.6 is 0 Å². The van der Waals surface area contributed by atoms with Gasteiger partial charge in [-0.3, -0.25) is 28.8 Å². The molecule has 130 heavy (non-hydrogen) atoms. The van der Waals surface area contributed by atoms with Gasteiger partial charge in [0.1, 0.15) is 11.6 Å². The van der Waals surface area contributed by atoms with E-state index in [9.17, 15) is 28.8 Å². The molecule has 0 heterocycles. The number of hydrogen-bond acceptors (Lipinski definition) is 6. The molecule has 676 valence electrons. The fourth-order valence-corrected chi connectivity index (χ4v) is 18.1. The largest absolute Gasteiger partial charge is 0.299 e. The molecule has 0 radical (unpaired) electrons. The van der Waals surface area contributed by atoms with E-state index in [1.165, 1.54) is 152 Å². The van der Waals surface area contributed by atoms with E-state index in [0.717, 1.165) is 79.8 Å². The van der Waals surface area contributed by atoms with E-state index in [0.29, 0.717) is 98.1 Å². The van der Waals surface area contributed by atoms with E-state index in [2.05, 4.69) is 288 Å². The van der Waals surface area contributed by atoms with Crippen molar-refractivity contribution < 1.29 is 28.8 Å². The molecular weight excluding hydrogens is 1590 g/mol. The Morgan fingerprint density at radius 3 is 0.954 bits per heavy atom. The fourth-order valence-electron chi connectivity index (χ4n) is 18.1. The highest BCUT2D eigenvalue weighted by Gasteiger charge is 2.34. The lowest BCUT2D eigenvalue weighted by Crippen LogP contribution is -2.30. The molecule has 0 unspecified atom stereocenters. The van der Waals surface area contributed by atoms with Gasteiger partial charge in [-0.2, -0.15) is 0 Å². The fraction of sp³-hybridized carbons (Fsp3) is 0.371. The van der Waals surface area contributed by atoms with Crippen LogP contribution in [-0.2, 0) is 66.4 Å². The van der Waals surface area contributed by atoms with Gasteiger partial charge in [0.2, 0.25) is 0 Å². The minimum absolute atomic E-state index is 0.207. The highest BCUT2D eigenvalue weighted by Crippen LogP contribution is 2.45. The summed E-state index contributed by atoms with van der Waals surface area (Å²) in [6.07, 6.45) is 16.7. The van der Waals surface area contributed by atoms with Gasteiger partial charge >= 0.3 is 0 Å². The van der Waals surface area contributed by atoms with Gasteiger partial charge in [-0.15, -0.1) is 0 Å². The summed E-state index contributed by atoms with van der Waals surface area (Å²) in [6, 6.07) is 93.3. The Hall–Kier alpha value is -11.3. The van der Waals surface area contributed by atoms with Crippen LogP contribution in [0, 0.1) is 34.6 Å². The van der Waals surface area contributed by atoms with Gasteiger partial charge in [0.15, 0.2) is 23.1 Å². The van der Waals surface area contributed by atoms with Gasteiger partial charge < -0.3 is 0 Å². The number of ketones is 6. The SMILES string of the molecule is CC(C)c1cccc(CC(=O)c2ccc(C3CC3)cc2)c1.Cc1c(CC(=O)CCc2ccccc2)cccc1C(C)C.Cc1c(CC(=O)Cc2ccccc2)cccc1C(C)C.Cc1c(CC(=O)c2ccc(C3(C)CCC3)cc2)cccc1C(C)C.Cc1c(CC(=O)c2ccc(C3CC3)cc2)cccc1C(C)C.Cc1ccc(CC(=O)c2ccc(C3CC3)cc2)cc1C(C)C. The Balaban J connectivity index is 0.000000151. The molecule has 12 aromatic carbocycles. The van der Waals surface area contributed by atoms with Crippen molar-refractivity contribution in [3.8, 4) is 0 Å². The first kappa shape index (κ1) is 99.2. The summed E-state index contributed by atoms with van der Waals surface area (Å²) in [5.41, 5.74) is 32.8. The van der Waals surface area contributed by atoms with Crippen molar-refractivity contribution in [2.24, 2.45) is 0 Å². The minimum Gasteiger partial charge on any atom is -0.299 e. The standard InChI is InChI=1S/C23H28O.2C21H24O.C20H22O.C20H24O.C19H22O/c1-16(2)21-8-5-7-19(17(21)3)15-22(24)18-9-11-20(12-10-18)23(4)13-6-14-23;1-14(2)20-12-16(5-4-15(20)3)13-21(22)19-10-8-18(9-11-19)17-6-7-17;1-14(2)20-6-4-5-19(15(20)3)13-21(22)18-11-9-17(10-12-18)16-7-8-16;1-14(2)19-5-3-4-15(12-19)13-20(21)18-10-8-17(9-11-18)16-6-7-16;1-15(2)20-11-7-10-18(16(20)3)14-19(21)13-12-17-8-5-4-6-9-17;1-14(2)19-11-7-10-17(15(19)3)13-18(20)12-16-8-5-4-6-9-16/h5,7-12,16H,6,13-15H2,1-4H3;4-5,8-12,14,17H,6-7,13H2,1-3H3;4-6,9-12,14,16H,7-8,13H2,1-3H3;3-5,8-12,14,16H,6-7,13H2,1-2H3;4-11,15H,12-14H2,1-3H3;4-11,14H,12-13H2,1-3H3. The third-order valence-electron chi connectivity index (χ3n) is 27.2. The Morgan fingerprint density at radius 1 is 0.285 bits per heavy atom. The van der Waals surface area contributed by atoms with Crippen molar-refractivity contribution in [2.45, 2.75) is 299 Å². The molecular formula is C124H144O6. The quantitative estimate of drug-likeness (QED) is 0.0401. The summed E-state index contributed by atoms with van der Waals surface area (Å²) >= 11 is 0. The highest BCUT2D eigenvalue weighted by molar-refractivity contribution is 6.00. The van der Waals surface area contributed by atoms with E-state index in [-0.39, 0.29) is 28.9 Å². The van der Waals surface area contributed by atoms with Gasteiger partial charge in [0.25, 0.3) is 0 Å². The zero-order valence-electron chi connectivity index (χ0n) is 81.4. The van der Waals surface area contributed by atoms with Gasteiger partial charge in [0.05, 0.1) is 0 Å². The number of Topliss-reactive ketones (excluding diaryl/α,β-unsaturated/α-hetero) is 6. The molecule has 0 saturated heterocycles. The maximum Gasteiger partial charge on any atom is 0.167 e. The monoisotopic (exact) mass is 1730 g/mol. The summed E-state index contributed by atoms with van der Waals surface area (Å²) < 4.78 is 0. The van der Waals surface area contributed by atoms with Gasteiger partial charge in [-0.1, -0.05) is 369 Å². The molecule has 0 spiro atoms. The smallest absolute Gasteiger partial charge is 0.167 e. The van der Waals surface area contributed by atoms with Crippen LogP contribution in [0.15, 0.2) is 273 Å². The van der Waals surface area contributed by atoms with E-state index < -0.39 is 0 Å². The van der Waals surface area contributed by atoms with Gasteiger partial charge in [-0.25, -0.2) is 0 Å². The zero-order valence-corrected chi connectivity index (χ0v) is 81.4. The van der Waals surface area contributed by atoms with Crippen LogP contribution in [0.4, 0.5) is 0 Å². The number of hydrogen-bond donors (Lipinski definition) is 0. The normalized spacial score (nSPS) is 13.6.